The van der Waals surface area contributed by atoms with Gasteiger partial charge in [-0.25, -0.2) is 0 Å². The fourth-order valence-electron chi connectivity index (χ4n) is 2.99. The van der Waals surface area contributed by atoms with Crippen molar-refractivity contribution in [2.24, 2.45) is 0 Å². The summed E-state index contributed by atoms with van der Waals surface area (Å²) in [6.45, 7) is 0.219. The Labute approximate surface area is 156 Å². The van der Waals surface area contributed by atoms with Gasteiger partial charge >= 0.3 is 0 Å². The van der Waals surface area contributed by atoms with E-state index in [4.69, 9.17) is 11.6 Å². The lowest BCUT2D eigenvalue weighted by molar-refractivity contribution is -0.306. The zero-order valence-corrected chi connectivity index (χ0v) is 14.8. The molecule has 5 nitrogen and oxygen atoms in total. The van der Waals surface area contributed by atoms with Crippen molar-refractivity contribution in [1.82, 2.24) is 10.3 Å². The quantitative estimate of drug-likeness (QED) is 0.670. The number of rotatable bonds is 7. The summed E-state index contributed by atoms with van der Waals surface area (Å²) in [4.78, 5) is 26.5. The Hall–Kier alpha value is -2.79. The third kappa shape index (κ3) is 4.43. The Kier molecular flexibility index (Phi) is 5.58. The highest BCUT2D eigenvalue weighted by Gasteiger charge is 2.15. The Morgan fingerprint density at radius 2 is 1.85 bits per heavy atom. The van der Waals surface area contributed by atoms with Gasteiger partial charge in [0, 0.05) is 40.6 Å². The first-order chi connectivity index (χ1) is 12.5. The number of H-pyrrole nitrogens is 1. The average Bonchev–Trinajstić information content (AvgIpc) is 3.02. The number of fused-ring (bicyclic) bond motifs is 1. The Balaban J connectivity index is 1.65. The van der Waals surface area contributed by atoms with Crippen LogP contribution in [0, 0.1) is 0 Å². The number of nitrogens with one attached hydrogen (secondary N) is 2. The molecule has 1 amide bonds. The monoisotopic (exact) mass is 369 g/mol. The lowest BCUT2D eigenvalue weighted by Crippen LogP contribution is -2.33. The van der Waals surface area contributed by atoms with Crippen molar-refractivity contribution in [1.29, 1.82) is 0 Å². The first kappa shape index (κ1) is 18.0. The topological polar surface area (TPSA) is 85.0 Å². The van der Waals surface area contributed by atoms with Gasteiger partial charge in [0.1, 0.15) is 0 Å². The van der Waals surface area contributed by atoms with Crippen LogP contribution in [0.4, 0.5) is 0 Å². The van der Waals surface area contributed by atoms with Crippen molar-refractivity contribution in [2.45, 2.75) is 18.8 Å². The number of amides is 1. The highest BCUT2D eigenvalue weighted by Crippen LogP contribution is 2.21. The van der Waals surface area contributed by atoms with Gasteiger partial charge in [0.15, 0.2) is 0 Å². The van der Waals surface area contributed by atoms with Crippen LogP contribution in [0.3, 0.4) is 0 Å². The number of carboxylic acids is 1. The lowest BCUT2D eigenvalue weighted by atomic mass is 9.95. The standard InChI is InChI=1S/C20H19ClN2O3/c21-16-7-5-13(6-8-16)14(10-20(25)26)11-23-19(24)9-15-12-22-18-4-2-1-3-17(15)18/h1-8,12,14,22H,9-11H2,(H,23,24)(H,25,26)/p-1/t14-/m0/s1. The molecule has 0 saturated heterocycles. The Bertz CT molecular complexity index is 918. The molecule has 3 aromatic rings. The average molecular weight is 370 g/mol. The van der Waals surface area contributed by atoms with E-state index < -0.39 is 5.97 Å². The maximum Gasteiger partial charge on any atom is 0.224 e. The fraction of sp³-hybridized carbons (Fsp3) is 0.200. The molecule has 0 spiro atoms. The third-order valence-corrected chi connectivity index (χ3v) is 4.58. The molecule has 0 aliphatic carbocycles. The molecule has 0 fully saturated rings. The van der Waals surface area contributed by atoms with Gasteiger partial charge in [-0.05, 0) is 35.7 Å². The van der Waals surface area contributed by atoms with Crippen molar-refractivity contribution >= 4 is 34.4 Å². The second-order valence-electron chi connectivity index (χ2n) is 6.16. The van der Waals surface area contributed by atoms with Crippen LogP contribution in [0.5, 0.6) is 0 Å². The van der Waals surface area contributed by atoms with Crippen molar-refractivity contribution in [3.63, 3.8) is 0 Å². The highest BCUT2D eigenvalue weighted by atomic mass is 35.5. The molecule has 0 aliphatic rings. The van der Waals surface area contributed by atoms with Gasteiger partial charge in [0.2, 0.25) is 5.91 Å². The predicted molar refractivity (Wildman–Crippen MR) is 98.8 cm³/mol. The minimum atomic E-state index is -1.16. The van der Waals surface area contributed by atoms with Crippen LogP contribution in [0.25, 0.3) is 10.9 Å². The van der Waals surface area contributed by atoms with Crippen LogP contribution in [0.15, 0.2) is 54.7 Å². The number of hydrogen-bond donors (Lipinski definition) is 2. The molecule has 0 saturated carbocycles. The summed E-state index contributed by atoms with van der Waals surface area (Å²) < 4.78 is 0. The summed E-state index contributed by atoms with van der Waals surface area (Å²) in [5, 5.41) is 15.5. The largest absolute Gasteiger partial charge is 0.550 e. The van der Waals surface area contributed by atoms with Crippen LogP contribution >= 0.6 is 11.6 Å². The van der Waals surface area contributed by atoms with Crippen molar-refractivity contribution in [3.8, 4) is 0 Å². The van der Waals surface area contributed by atoms with E-state index in [-0.39, 0.29) is 31.2 Å². The molecule has 1 atom stereocenters. The van der Waals surface area contributed by atoms with Crippen molar-refractivity contribution in [2.75, 3.05) is 6.54 Å². The Morgan fingerprint density at radius 1 is 1.12 bits per heavy atom. The highest BCUT2D eigenvalue weighted by molar-refractivity contribution is 6.30. The lowest BCUT2D eigenvalue weighted by Gasteiger charge is -2.19. The number of hydrogen-bond acceptors (Lipinski definition) is 3. The molecule has 0 radical (unpaired) electrons. The number of carbonyl (C=O) groups is 2. The van der Waals surface area contributed by atoms with Crippen LogP contribution in [-0.4, -0.2) is 23.4 Å². The molecule has 6 heteroatoms. The van der Waals surface area contributed by atoms with E-state index in [1.807, 2.05) is 30.5 Å². The Morgan fingerprint density at radius 3 is 2.58 bits per heavy atom. The maximum absolute atomic E-state index is 12.3. The molecule has 0 aliphatic heterocycles. The van der Waals surface area contributed by atoms with Crippen LogP contribution in [0.2, 0.25) is 5.02 Å². The molecule has 0 unspecified atom stereocenters. The first-order valence-corrected chi connectivity index (χ1v) is 8.67. The molecule has 134 valence electrons. The van der Waals surface area contributed by atoms with Gasteiger partial charge in [-0.3, -0.25) is 4.79 Å². The van der Waals surface area contributed by atoms with Crippen LogP contribution < -0.4 is 10.4 Å². The fourth-order valence-corrected chi connectivity index (χ4v) is 3.12. The van der Waals surface area contributed by atoms with Gasteiger partial charge in [-0.1, -0.05) is 41.9 Å². The van der Waals surface area contributed by atoms with E-state index in [9.17, 15) is 14.7 Å². The SMILES string of the molecule is O=C([O-])C[C@@H](CNC(=O)Cc1c[nH]c2ccccc12)c1ccc(Cl)cc1. The molecule has 1 heterocycles. The zero-order valence-electron chi connectivity index (χ0n) is 14.0. The van der Waals surface area contributed by atoms with E-state index in [1.54, 1.807) is 24.3 Å². The summed E-state index contributed by atoms with van der Waals surface area (Å²) in [6.07, 6.45) is 1.87. The summed E-state index contributed by atoms with van der Waals surface area (Å²) in [5.41, 5.74) is 2.68. The number of benzene rings is 2. The van der Waals surface area contributed by atoms with E-state index in [0.29, 0.717) is 5.02 Å². The van der Waals surface area contributed by atoms with Crippen molar-refractivity contribution < 1.29 is 14.7 Å². The van der Waals surface area contributed by atoms with E-state index in [0.717, 1.165) is 22.0 Å². The van der Waals surface area contributed by atoms with Gasteiger partial charge in [-0.2, -0.15) is 0 Å². The zero-order chi connectivity index (χ0) is 18.5. The number of halogens is 1. The summed E-state index contributed by atoms with van der Waals surface area (Å²) in [7, 11) is 0. The van der Waals surface area contributed by atoms with Crippen LogP contribution in [0.1, 0.15) is 23.5 Å². The van der Waals surface area contributed by atoms with Gasteiger partial charge in [0.05, 0.1) is 6.42 Å². The molecule has 3 rings (SSSR count). The second kappa shape index (κ2) is 8.06. The van der Waals surface area contributed by atoms with Gasteiger partial charge in [0.25, 0.3) is 0 Å². The number of carbonyl (C=O) groups excluding carboxylic acids is 2. The molecular formula is C20H18ClN2O3-. The molecule has 2 N–H and O–H groups in total. The van der Waals surface area contributed by atoms with Crippen molar-refractivity contribution in [3.05, 3.63) is 70.9 Å². The van der Waals surface area contributed by atoms with Crippen LogP contribution in [-0.2, 0) is 16.0 Å². The summed E-state index contributed by atoms with van der Waals surface area (Å²) >= 11 is 5.88. The summed E-state index contributed by atoms with van der Waals surface area (Å²) in [5.74, 6) is -1.69. The number of aromatic amines is 1. The van der Waals surface area contributed by atoms with Gasteiger partial charge in [-0.15, -0.1) is 0 Å². The number of carboxylic acid groups (broad SMARTS) is 1. The molecule has 0 bridgehead atoms. The first-order valence-electron chi connectivity index (χ1n) is 8.30. The number of aromatic nitrogens is 1. The maximum atomic E-state index is 12.3. The van der Waals surface area contributed by atoms with E-state index >= 15 is 0 Å². The third-order valence-electron chi connectivity index (χ3n) is 4.33. The van der Waals surface area contributed by atoms with E-state index in [1.165, 1.54) is 0 Å². The normalized spacial score (nSPS) is 12.0. The molecule has 26 heavy (non-hydrogen) atoms. The molecule has 1 aromatic heterocycles. The minimum absolute atomic E-state index is 0.160. The number of aliphatic carboxylic acids is 1. The van der Waals surface area contributed by atoms with E-state index in [2.05, 4.69) is 10.3 Å². The summed E-state index contributed by atoms with van der Waals surface area (Å²) in [6, 6.07) is 14.7. The van der Waals surface area contributed by atoms with Gasteiger partial charge < -0.3 is 20.2 Å². The smallest absolute Gasteiger partial charge is 0.224 e. The minimum Gasteiger partial charge on any atom is -0.550 e. The second-order valence-corrected chi connectivity index (χ2v) is 6.60. The molecular weight excluding hydrogens is 352 g/mol. The number of para-hydroxylation sites is 1. The molecule has 2 aromatic carbocycles. The predicted octanol–water partition coefficient (Wildman–Crippen LogP) is 2.40.